The van der Waals surface area contributed by atoms with Crippen molar-refractivity contribution in [2.24, 2.45) is 40.0 Å². The molecule has 8 nitrogen and oxygen atoms in total. The van der Waals surface area contributed by atoms with Crippen LogP contribution in [0.3, 0.4) is 0 Å². The number of pyridine rings is 8. The lowest BCUT2D eigenvalue weighted by Crippen LogP contribution is -2.31. The van der Waals surface area contributed by atoms with E-state index in [1.807, 2.05) is 12.4 Å². The van der Waals surface area contributed by atoms with E-state index in [-0.39, 0.29) is 0 Å². The van der Waals surface area contributed by atoms with E-state index in [0.717, 1.165) is 40.6 Å². The molecule has 8 heterocycles. The maximum Gasteiger partial charge on any atom is 0.239 e. The van der Waals surface area contributed by atoms with Gasteiger partial charge in [-0.05, 0) is 146 Å². The molecular formula is C78H88N8+4. The van der Waals surface area contributed by atoms with E-state index in [4.69, 9.17) is 19.9 Å². The molecule has 0 aliphatic carbocycles. The van der Waals surface area contributed by atoms with E-state index in [9.17, 15) is 0 Å². The first-order valence-corrected chi connectivity index (χ1v) is 30.6. The van der Waals surface area contributed by atoms with E-state index in [1.54, 1.807) is 0 Å². The monoisotopic (exact) mass is 1140 g/mol. The van der Waals surface area contributed by atoms with Crippen molar-refractivity contribution in [1.29, 1.82) is 0 Å². The fourth-order valence-electron chi connectivity index (χ4n) is 11.4. The van der Waals surface area contributed by atoms with E-state index in [1.165, 1.54) is 106 Å². The molecular weight excluding hydrogens is 1050 g/mol. The minimum atomic E-state index is 0.435. The number of nitrogens with zero attached hydrogens (tertiary/aromatic N) is 8. The standard InChI is InChI=1S/2C20H23N2.2C19H21N2/c1-14(2)11-16-12-17-9-10-22(4)20(19(17)21-13-16)18-8-6-5-7-15(18)3;1-14(2)13-17-10-9-16-11-12-22(4)20(19(16)21-17)18-8-6-5-7-15(18)3;1-13(2)16-11-15-9-10-21(4)19(18(15)20-12-16)17-8-6-5-7-14(17)3;1-13(2)17-10-9-15-11-12-21(4)19(18(15)20-17)16-8-6-5-7-14(16)3/h5-10,12-14H,11H2,1-4H3;5-12,14H,13H2,1-4H3;2*5-13H,1-4H3/q4*+1. The summed E-state index contributed by atoms with van der Waals surface area (Å²) in [7, 11) is 8.35. The fraction of sp³-hybridized carbons (Fsp3) is 0.282. The maximum absolute atomic E-state index is 4.97. The van der Waals surface area contributed by atoms with Gasteiger partial charge in [-0.25, -0.2) is 19.9 Å². The van der Waals surface area contributed by atoms with Gasteiger partial charge in [0.1, 0.15) is 50.3 Å². The highest BCUT2D eigenvalue weighted by Gasteiger charge is 2.23. The van der Waals surface area contributed by atoms with Crippen molar-refractivity contribution in [2.45, 2.75) is 108 Å². The van der Waals surface area contributed by atoms with Crippen LogP contribution in [0, 0.1) is 39.5 Å². The zero-order chi connectivity index (χ0) is 61.3. The Morgan fingerprint density at radius 3 is 1.13 bits per heavy atom. The highest BCUT2D eigenvalue weighted by Crippen LogP contribution is 2.32. The second-order valence-electron chi connectivity index (χ2n) is 24.8. The molecule has 0 spiro atoms. The highest BCUT2D eigenvalue weighted by atomic mass is 15.0. The van der Waals surface area contributed by atoms with Gasteiger partial charge in [0.25, 0.3) is 0 Å². The first kappa shape index (κ1) is 61.7. The highest BCUT2D eigenvalue weighted by molar-refractivity contribution is 5.93. The van der Waals surface area contributed by atoms with Crippen molar-refractivity contribution in [3.8, 4) is 45.0 Å². The summed E-state index contributed by atoms with van der Waals surface area (Å²) in [6.07, 6.45) is 14.6. The topological polar surface area (TPSA) is 67.1 Å². The summed E-state index contributed by atoms with van der Waals surface area (Å²) >= 11 is 0. The van der Waals surface area contributed by atoms with Crippen molar-refractivity contribution in [3.05, 3.63) is 240 Å². The number of rotatable bonds is 10. The third-order valence-electron chi connectivity index (χ3n) is 16.2. The Morgan fingerprint density at radius 1 is 0.349 bits per heavy atom. The Balaban J connectivity index is 0.000000137. The van der Waals surface area contributed by atoms with Crippen LogP contribution in [0.25, 0.3) is 88.6 Å². The van der Waals surface area contributed by atoms with Gasteiger partial charge >= 0.3 is 0 Å². The molecule has 8 heteroatoms. The van der Waals surface area contributed by atoms with Crippen LogP contribution in [0.2, 0.25) is 0 Å². The van der Waals surface area contributed by atoms with Crippen LogP contribution in [-0.2, 0) is 41.0 Å². The first-order chi connectivity index (χ1) is 41.3. The number of hydrogen-bond acceptors (Lipinski definition) is 4. The molecule has 0 fully saturated rings. The molecule has 0 saturated carbocycles. The van der Waals surface area contributed by atoms with Gasteiger partial charge in [-0.3, -0.25) is 0 Å². The summed E-state index contributed by atoms with van der Waals surface area (Å²) in [5.74, 6) is 2.20. The SMILES string of the molecule is Cc1ccccc1-c1c2nc(C(C)C)ccc2cc[n+]1C.Cc1ccccc1-c1c2nc(CC(C)C)ccc2cc[n+]1C.Cc1ccccc1-c1c2ncc(C(C)C)cc2cc[n+]1C.Cc1ccccc1-c1c2ncc(CC(C)C)cc2cc[n+]1C. The second-order valence-corrected chi connectivity index (χ2v) is 24.8. The Labute approximate surface area is 511 Å². The van der Waals surface area contributed by atoms with E-state index in [2.05, 4.69) is 312 Å². The van der Waals surface area contributed by atoms with Gasteiger partial charge in [0.15, 0.2) is 24.8 Å². The Kier molecular flexibility index (Phi) is 19.7. The third-order valence-corrected chi connectivity index (χ3v) is 16.2. The number of benzene rings is 4. The van der Waals surface area contributed by atoms with E-state index >= 15 is 0 Å². The Bertz CT molecular complexity index is 4360. The third kappa shape index (κ3) is 14.1. The van der Waals surface area contributed by atoms with E-state index in [0.29, 0.717) is 23.7 Å². The molecule has 4 aromatic carbocycles. The molecule has 0 N–H and O–H groups in total. The summed E-state index contributed by atoms with van der Waals surface area (Å²) in [6.45, 7) is 26.3. The maximum atomic E-state index is 4.97. The molecule has 86 heavy (non-hydrogen) atoms. The van der Waals surface area contributed by atoms with Crippen molar-refractivity contribution in [2.75, 3.05) is 0 Å². The Hall–Kier alpha value is -8.88. The summed E-state index contributed by atoms with van der Waals surface area (Å²) in [5.41, 5.74) is 24.1. The lowest BCUT2D eigenvalue weighted by atomic mass is 10.00. The van der Waals surface area contributed by atoms with Crippen LogP contribution in [0.15, 0.2) is 195 Å². The minimum absolute atomic E-state index is 0.435. The molecule has 0 amide bonds. The van der Waals surface area contributed by atoms with Crippen molar-refractivity contribution in [1.82, 2.24) is 19.9 Å². The predicted octanol–water partition coefficient (Wildman–Crippen LogP) is 16.8. The smallest absolute Gasteiger partial charge is 0.239 e. The average Bonchev–Trinajstić information content (AvgIpc) is 1.75. The molecule has 0 unspecified atom stereocenters. The van der Waals surface area contributed by atoms with E-state index < -0.39 is 0 Å². The summed E-state index contributed by atoms with van der Waals surface area (Å²) < 4.78 is 8.67. The number of fused-ring (bicyclic) bond motifs is 4. The normalized spacial score (nSPS) is 11.3. The molecule has 0 aliphatic heterocycles. The van der Waals surface area contributed by atoms with Gasteiger partial charge < -0.3 is 0 Å². The zero-order valence-electron chi connectivity index (χ0n) is 53.8. The molecule has 12 rings (SSSR count). The van der Waals surface area contributed by atoms with Crippen molar-refractivity contribution >= 4 is 43.6 Å². The number of aromatic nitrogens is 8. The lowest BCUT2D eigenvalue weighted by Gasteiger charge is -2.09. The average molecular weight is 1140 g/mol. The van der Waals surface area contributed by atoms with Crippen LogP contribution in [-0.4, -0.2) is 19.9 Å². The van der Waals surface area contributed by atoms with Gasteiger partial charge in [0, 0.05) is 69.6 Å². The minimum Gasteiger partial charge on any atom is -0.249 e. The summed E-state index contributed by atoms with van der Waals surface area (Å²) in [4.78, 5) is 19.5. The van der Waals surface area contributed by atoms with Crippen molar-refractivity contribution < 1.29 is 18.3 Å². The second kappa shape index (κ2) is 27.4. The molecule has 12 aromatic rings. The summed E-state index contributed by atoms with van der Waals surface area (Å²) in [6, 6.07) is 55.8. The fourth-order valence-corrected chi connectivity index (χ4v) is 11.4. The van der Waals surface area contributed by atoms with Crippen LogP contribution in [0.1, 0.15) is 112 Å². The molecule has 0 bridgehead atoms. The van der Waals surface area contributed by atoms with Gasteiger partial charge in [-0.15, -0.1) is 0 Å². The van der Waals surface area contributed by atoms with Crippen LogP contribution >= 0.6 is 0 Å². The summed E-state index contributed by atoms with van der Waals surface area (Å²) in [5, 5.41) is 4.81. The molecule has 436 valence electrons. The molecule has 0 saturated heterocycles. The molecule has 8 aromatic heterocycles. The lowest BCUT2D eigenvalue weighted by molar-refractivity contribution is -0.659. The molecule has 0 atom stereocenters. The van der Waals surface area contributed by atoms with Gasteiger partial charge in [-0.2, -0.15) is 18.3 Å². The zero-order valence-corrected chi connectivity index (χ0v) is 53.8. The molecule has 0 radical (unpaired) electrons. The number of aryl methyl sites for hydroxylation is 8. The molecule has 0 aliphatic rings. The quantitative estimate of drug-likeness (QED) is 0.128. The van der Waals surface area contributed by atoms with Gasteiger partial charge in [-0.1, -0.05) is 140 Å². The van der Waals surface area contributed by atoms with Gasteiger partial charge in [0.2, 0.25) is 22.8 Å². The first-order valence-electron chi connectivity index (χ1n) is 30.6. The van der Waals surface area contributed by atoms with Crippen LogP contribution < -0.4 is 18.3 Å². The van der Waals surface area contributed by atoms with Crippen molar-refractivity contribution in [3.63, 3.8) is 0 Å². The van der Waals surface area contributed by atoms with Gasteiger partial charge in [0.05, 0.1) is 22.3 Å². The largest absolute Gasteiger partial charge is 0.249 e. The predicted molar refractivity (Wildman–Crippen MR) is 358 cm³/mol. The number of hydrogen-bond donors (Lipinski definition) is 0. The van der Waals surface area contributed by atoms with Crippen LogP contribution in [0.4, 0.5) is 0 Å². The Morgan fingerprint density at radius 2 is 0.721 bits per heavy atom. The van der Waals surface area contributed by atoms with Crippen LogP contribution in [0.5, 0.6) is 0 Å².